The lowest BCUT2D eigenvalue weighted by Crippen LogP contribution is -2.01. The lowest BCUT2D eigenvalue weighted by atomic mass is 10.1. The average Bonchev–Trinajstić information content (AvgIpc) is 2.69. The van der Waals surface area contributed by atoms with Crippen molar-refractivity contribution in [1.29, 1.82) is 0 Å². The first-order valence-corrected chi connectivity index (χ1v) is 5.69. The first kappa shape index (κ1) is 10.7. The molecule has 0 aliphatic carbocycles. The van der Waals surface area contributed by atoms with Gasteiger partial charge in [-0.15, -0.1) is 0 Å². The molecular formula is C13H17N3. The maximum Gasteiger partial charge on any atom is 0.131 e. The molecule has 0 aliphatic rings. The van der Waals surface area contributed by atoms with E-state index >= 15 is 0 Å². The second kappa shape index (κ2) is 4.84. The van der Waals surface area contributed by atoms with Crippen molar-refractivity contribution in [3.8, 4) is 11.3 Å². The molecule has 0 amide bonds. The van der Waals surface area contributed by atoms with Gasteiger partial charge >= 0.3 is 0 Å². The van der Waals surface area contributed by atoms with Crippen LogP contribution in [0, 0.1) is 0 Å². The number of hydrogen-bond acceptors (Lipinski definition) is 2. The van der Waals surface area contributed by atoms with Gasteiger partial charge in [-0.25, -0.2) is 4.98 Å². The van der Waals surface area contributed by atoms with Gasteiger partial charge in [-0.3, -0.25) is 0 Å². The fraction of sp³-hybridized carbons (Fsp3) is 0.308. The van der Waals surface area contributed by atoms with Gasteiger partial charge in [0.1, 0.15) is 11.5 Å². The van der Waals surface area contributed by atoms with Crippen LogP contribution in [0.2, 0.25) is 0 Å². The van der Waals surface area contributed by atoms with E-state index in [-0.39, 0.29) is 0 Å². The molecule has 0 bridgehead atoms. The summed E-state index contributed by atoms with van der Waals surface area (Å²) in [6.07, 6.45) is 4.13. The van der Waals surface area contributed by atoms with Gasteiger partial charge in [0, 0.05) is 12.1 Å². The first-order valence-electron chi connectivity index (χ1n) is 5.69. The van der Waals surface area contributed by atoms with Gasteiger partial charge < -0.3 is 10.3 Å². The van der Waals surface area contributed by atoms with Crippen LogP contribution in [0.1, 0.15) is 19.8 Å². The zero-order chi connectivity index (χ0) is 11.4. The van der Waals surface area contributed by atoms with Crippen LogP contribution < -0.4 is 5.73 Å². The van der Waals surface area contributed by atoms with E-state index in [0.29, 0.717) is 0 Å². The summed E-state index contributed by atoms with van der Waals surface area (Å²) in [6.45, 7) is 3.12. The Balaban J connectivity index is 2.27. The number of anilines is 1. The number of nitrogen functional groups attached to an aromatic ring is 1. The Kier molecular flexibility index (Phi) is 3.25. The molecule has 0 spiro atoms. The molecule has 0 aliphatic heterocycles. The zero-order valence-electron chi connectivity index (χ0n) is 9.56. The molecular weight excluding hydrogens is 198 g/mol. The maximum absolute atomic E-state index is 6.08. The zero-order valence-corrected chi connectivity index (χ0v) is 9.56. The van der Waals surface area contributed by atoms with Crippen LogP contribution >= 0.6 is 0 Å². The monoisotopic (exact) mass is 215 g/mol. The minimum atomic E-state index is 0.764. The third-order valence-electron chi connectivity index (χ3n) is 2.68. The van der Waals surface area contributed by atoms with Crippen molar-refractivity contribution in [2.45, 2.75) is 26.3 Å². The molecule has 0 saturated carbocycles. The highest BCUT2D eigenvalue weighted by Gasteiger charge is 2.08. The van der Waals surface area contributed by atoms with Crippen molar-refractivity contribution in [3.63, 3.8) is 0 Å². The van der Waals surface area contributed by atoms with Gasteiger partial charge in [-0.05, 0) is 6.42 Å². The van der Waals surface area contributed by atoms with Crippen molar-refractivity contribution >= 4 is 5.82 Å². The van der Waals surface area contributed by atoms with Crippen LogP contribution in [0.3, 0.4) is 0 Å². The SMILES string of the molecule is CCCCn1cnc(-c2ccccc2)c1N. The summed E-state index contributed by atoms with van der Waals surface area (Å²) < 4.78 is 2.02. The Hall–Kier alpha value is -1.77. The number of unbranched alkanes of at least 4 members (excludes halogenated alkanes) is 1. The minimum Gasteiger partial charge on any atom is -0.383 e. The number of imidazole rings is 1. The van der Waals surface area contributed by atoms with Gasteiger partial charge in [0.2, 0.25) is 0 Å². The first-order chi connectivity index (χ1) is 7.83. The van der Waals surface area contributed by atoms with Gasteiger partial charge in [0.25, 0.3) is 0 Å². The summed E-state index contributed by atoms with van der Waals surface area (Å²) in [4.78, 5) is 4.38. The molecule has 2 N–H and O–H groups in total. The van der Waals surface area contributed by atoms with Gasteiger partial charge in [-0.1, -0.05) is 43.7 Å². The summed E-state index contributed by atoms with van der Waals surface area (Å²) in [6, 6.07) is 10.1. The van der Waals surface area contributed by atoms with E-state index in [1.54, 1.807) is 0 Å². The molecule has 2 aromatic rings. The standard InChI is InChI=1S/C13H17N3/c1-2-3-9-16-10-15-12(13(16)14)11-7-5-4-6-8-11/h4-8,10H,2-3,9,14H2,1H3. The Bertz CT molecular complexity index is 445. The molecule has 1 aromatic heterocycles. The highest BCUT2D eigenvalue weighted by atomic mass is 15.1. The number of aryl methyl sites for hydroxylation is 1. The second-order valence-electron chi connectivity index (χ2n) is 3.89. The number of nitrogens with zero attached hydrogens (tertiary/aromatic N) is 2. The van der Waals surface area contributed by atoms with Crippen molar-refractivity contribution < 1.29 is 0 Å². The topological polar surface area (TPSA) is 43.8 Å². The summed E-state index contributed by atoms with van der Waals surface area (Å²) in [5.74, 6) is 0.764. The van der Waals surface area contributed by atoms with E-state index in [4.69, 9.17) is 5.73 Å². The Labute approximate surface area is 95.9 Å². The van der Waals surface area contributed by atoms with E-state index < -0.39 is 0 Å². The van der Waals surface area contributed by atoms with Crippen LogP contribution in [0.25, 0.3) is 11.3 Å². The molecule has 1 aromatic carbocycles. The quantitative estimate of drug-likeness (QED) is 0.852. The van der Waals surface area contributed by atoms with Gasteiger partial charge in [0.05, 0.1) is 6.33 Å². The highest BCUT2D eigenvalue weighted by molar-refractivity contribution is 5.70. The molecule has 84 valence electrons. The summed E-state index contributed by atoms with van der Waals surface area (Å²) in [5, 5.41) is 0. The van der Waals surface area contributed by atoms with Crippen molar-refractivity contribution in [2.75, 3.05) is 5.73 Å². The van der Waals surface area contributed by atoms with E-state index in [1.165, 1.54) is 0 Å². The number of rotatable bonds is 4. The lowest BCUT2D eigenvalue weighted by molar-refractivity contribution is 0.637. The van der Waals surface area contributed by atoms with Crippen molar-refractivity contribution in [2.24, 2.45) is 0 Å². The molecule has 0 atom stereocenters. The van der Waals surface area contributed by atoms with Crippen molar-refractivity contribution in [1.82, 2.24) is 9.55 Å². The number of benzene rings is 1. The minimum absolute atomic E-state index is 0.764. The maximum atomic E-state index is 6.08. The third kappa shape index (κ3) is 2.08. The molecule has 16 heavy (non-hydrogen) atoms. The largest absolute Gasteiger partial charge is 0.383 e. The fourth-order valence-electron chi connectivity index (χ4n) is 1.72. The third-order valence-corrected chi connectivity index (χ3v) is 2.68. The van der Waals surface area contributed by atoms with Crippen LogP contribution in [0.4, 0.5) is 5.82 Å². The van der Waals surface area contributed by atoms with E-state index in [2.05, 4.69) is 11.9 Å². The Morgan fingerprint density at radius 1 is 1.25 bits per heavy atom. The molecule has 1 heterocycles. The smallest absolute Gasteiger partial charge is 0.131 e. The number of hydrogen-bond donors (Lipinski definition) is 1. The van der Waals surface area contributed by atoms with Crippen LogP contribution in [-0.4, -0.2) is 9.55 Å². The molecule has 0 saturated heterocycles. The molecule has 0 fully saturated rings. The lowest BCUT2D eigenvalue weighted by Gasteiger charge is -2.04. The highest BCUT2D eigenvalue weighted by Crippen LogP contribution is 2.23. The van der Waals surface area contributed by atoms with Crippen molar-refractivity contribution in [3.05, 3.63) is 36.7 Å². The predicted molar refractivity (Wildman–Crippen MR) is 67.0 cm³/mol. The van der Waals surface area contributed by atoms with Crippen LogP contribution in [0.5, 0.6) is 0 Å². The molecule has 3 nitrogen and oxygen atoms in total. The fourth-order valence-corrected chi connectivity index (χ4v) is 1.72. The van der Waals surface area contributed by atoms with Crippen LogP contribution in [-0.2, 0) is 6.54 Å². The number of aromatic nitrogens is 2. The molecule has 0 radical (unpaired) electrons. The van der Waals surface area contributed by atoms with E-state index in [0.717, 1.165) is 36.5 Å². The number of nitrogens with two attached hydrogens (primary N) is 1. The summed E-state index contributed by atoms with van der Waals surface area (Å²) >= 11 is 0. The summed E-state index contributed by atoms with van der Waals surface area (Å²) in [7, 11) is 0. The van der Waals surface area contributed by atoms with Gasteiger partial charge in [0.15, 0.2) is 0 Å². The summed E-state index contributed by atoms with van der Waals surface area (Å²) in [5.41, 5.74) is 8.04. The molecule has 0 unspecified atom stereocenters. The molecule has 3 heteroatoms. The second-order valence-corrected chi connectivity index (χ2v) is 3.89. The van der Waals surface area contributed by atoms with Gasteiger partial charge in [-0.2, -0.15) is 0 Å². The Morgan fingerprint density at radius 2 is 2.00 bits per heavy atom. The van der Waals surface area contributed by atoms with Crippen LogP contribution in [0.15, 0.2) is 36.7 Å². The van der Waals surface area contributed by atoms with E-state index in [9.17, 15) is 0 Å². The normalized spacial score (nSPS) is 10.6. The Morgan fingerprint density at radius 3 is 2.69 bits per heavy atom. The van der Waals surface area contributed by atoms with E-state index in [1.807, 2.05) is 41.2 Å². The predicted octanol–water partition coefficient (Wildman–Crippen LogP) is 2.93. The average molecular weight is 215 g/mol. The molecule has 2 rings (SSSR count).